The molecule has 0 spiro atoms. The fourth-order valence-corrected chi connectivity index (χ4v) is 1.86. The van der Waals surface area contributed by atoms with Crippen LogP contribution in [0.2, 0.25) is 0 Å². The topological polar surface area (TPSA) is 0 Å². The van der Waals surface area contributed by atoms with Crippen LogP contribution in [-0.2, 0) is 12.6 Å². The first-order valence-electron chi connectivity index (χ1n) is 4.75. The van der Waals surface area contributed by atoms with Gasteiger partial charge in [-0.1, -0.05) is 12.1 Å². The lowest BCUT2D eigenvalue weighted by Crippen LogP contribution is -2.09. The second-order valence-corrected chi connectivity index (χ2v) is 4.19. The molecule has 0 aromatic heterocycles. The summed E-state index contributed by atoms with van der Waals surface area (Å²) >= 11 is 11.3. The number of halogens is 5. The molecule has 1 aromatic carbocycles. The fourth-order valence-electron chi connectivity index (χ4n) is 1.31. The Morgan fingerprint density at radius 3 is 1.88 bits per heavy atom. The molecule has 0 heterocycles. The van der Waals surface area contributed by atoms with Gasteiger partial charge in [0, 0.05) is 11.8 Å². The maximum absolute atomic E-state index is 12.3. The van der Waals surface area contributed by atoms with Crippen LogP contribution in [0.5, 0.6) is 0 Å². The van der Waals surface area contributed by atoms with Crippen LogP contribution in [0.1, 0.15) is 11.1 Å². The third-order valence-corrected chi connectivity index (χ3v) is 3.11. The number of rotatable bonds is 4. The van der Waals surface area contributed by atoms with Crippen molar-refractivity contribution in [1.29, 1.82) is 0 Å². The molecule has 0 aliphatic carbocycles. The molecule has 0 unspecified atom stereocenters. The number of alkyl halides is 5. The van der Waals surface area contributed by atoms with Crippen molar-refractivity contribution in [3.63, 3.8) is 0 Å². The van der Waals surface area contributed by atoms with E-state index in [0.717, 1.165) is 17.7 Å². The van der Waals surface area contributed by atoms with Crippen molar-refractivity contribution in [3.8, 4) is 0 Å². The molecule has 0 nitrogen and oxygen atoms in total. The molecule has 5 heteroatoms. The monoisotopic (exact) mass is 270 g/mol. The third kappa shape index (κ3) is 3.87. The van der Waals surface area contributed by atoms with Gasteiger partial charge in [0.25, 0.3) is 0 Å². The summed E-state index contributed by atoms with van der Waals surface area (Å²) in [5, 5.41) is 0. The van der Waals surface area contributed by atoms with Crippen LogP contribution in [0.4, 0.5) is 13.2 Å². The summed E-state index contributed by atoms with van der Waals surface area (Å²) in [6.07, 6.45) is -3.68. The Kier molecular flexibility index (Phi) is 4.93. The van der Waals surface area contributed by atoms with Gasteiger partial charge >= 0.3 is 6.18 Å². The van der Waals surface area contributed by atoms with E-state index in [1.807, 2.05) is 0 Å². The largest absolute Gasteiger partial charge is 0.416 e. The van der Waals surface area contributed by atoms with E-state index in [0.29, 0.717) is 18.2 Å². The van der Waals surface area contributed by atoms with Crippen molar-refractivity contribution in [2.45, 2.75) is 12.6 Å². The summed E-state index contributed by atoms with van der Waals surface area (Å²) in [7, 11) is 0. The minimum atomic E-state index is -4.28. The lowest BCUT2D eigenvalue weighted by molar-refractivity contribution is -0.137. The van der Waals surface area contributed by atoms with E-state index in [1.165, 1.54) is 12.1 Å². The van der Waals surface area contributed by atoms with E-state index in [1.54, 1.807) is 0 Å². The molecule has 0 amide bonds. The Morgan fingerprint density at radius 1 is 1.00 bits per heavy atom. The summed E-state index contributed by atoms with van der Waals surface area (Å²) in [5.41, 5.74) is 0.184. The Morgan fingerprint density at radius 2 is 1.50 bits per heavy atom. The molecule has 16 heavy (non-hydrogen) atoms. The second kappa shape index (κ2) is 5.78. The van der Waals surface area contributed by atoms with E-state index in [4.69, 9.17) is 23.2 Å². The van der Waals surface area contributed by atoms with Gasteiger partial charge in [0.05, 0.1) is 5.56 Å². The highest BCUT2D eigenvalue weighted by Crippen LogP contribution is 2.29. The van der Waals surface area contributed by atoms with Crippen LogP contribution in [-0.4, -0.2) is 11.8 Å². The maximum Gasteiger partial charge on any atom is 0.416 e. The summed E-state index contributed by atoms with van der Waals surface area (Å²) in [6, 6.07) is 5.09. The lowest BCUT2D eigenvalue weighted by atomic mass is 10.0. The fraction of sp³-hybridized carbons (Fsp3) is 0.455. The van der Waals surface area contributed by atoms with Crippen molar-refractivity contribution in [2.24, 2.45) is 5.92 Å². The quantitative estimate of drug-likeness (QED) is 0.714. The molecule has 0 N–H and O–H groups in total. The van der Waals surface area contributed by atoms with Crippen LogP contribution in [0.25, 0.3) is 0 Å². The van der Waals surface area contributed by atoms with Gasteiger partial charge in [-0.2, -0.15) is 13.2 Å². The highest BCUT2D eigenvalue weighted by molar-refractivity contribution is 6.20. The zero-order chi connectivity index (χ0) is 12.2. The van der Waals surface area contributed by atoms with E-state index in [-0.39, 0.29) is 5.92 Å². The minimum Gasteiger partial charge on any atom is -0.166 e. The average Bonchev–Trinajstić information content (AvgIpc) is 2.25. The first-order chi connectivity index (χ1) is 7.47. The van der Waals surface area contributed by atoms with Crippen LogP contribution in [0.15, 0.2) is 24.3 Å². The van der Waals surface area contributed by atoms with Gasteiger partial charge in [-0.05, 0) is 30.0 Å². The van der Waals surface area contributed by atoms with Gasteiger partial charge in [0.1, 0.15) is 0 Å². The molecule has 0 radical (unpaired) electrons. The molecule has 0 aliphatic rings. The summed E-state index contributed by atoms with van der Waals surface area (Å²) in [4.78, 5) is 0. The van der Waals surface area contributed by atoms with Crippen molar-refractivity contribution in [1.82, 2.24) is 0 Å². The van der Waals surface area contributed by atoms with Gasteiger partial charge in [0.15, 0.2) is 0 Å². The first kappa shape index (κ1) is 13.7. The van der Waals surface area contributed by atoms with Crippen molar-refractivity contribution in [2.75, 3.05) is 11.8 Å². The molecule has 1 rings (SSSR count). The molecular formula is C11H11Cl2F3. The molecule has 0 bridgehead atoms. The Bertz CT molecular complexity index is 315. The van der Waals surface area contributed by atoms with Gasteiger partial charge in [-0.15, -0.1) is 23.2 Å². The molecule has 0 atom stereocenters. The Hall–Kier alpha value is -0.410. The van der Waals surface area contributed by atoms with Gasteiger partial charge in [0.2, 0.25) is 0 Å². The zero-order valence-electron chi connectivity index (χ0n) is 8.40. The van der Waals surface area contributed by atoms with Crippen LogP contribution >= 0.6 is 23.2 Å². The zero-order valence-corrected chi connectivity index (χ0v) is 9.91. The summed E-state index contributed by atoms with van der Waals surface area (Å²) in [6.45, 7) is 0. The molecule has 1 aromatic rings. The standard InChI is InChI=1S/C11H11Cl2F3/c12-6-9(7-13)5-8-1-3-10(4-2-8)11(14,15)16/h1-4,9H,5-7H2. The molecule has 0 saturated carbocycles. The van der Waals surface area contributed by atoms with Gasteiger partial charge in [-0.3, -0.25) is 0 Å². The van der Waals surface area contributed by atoms with Gasteiger partial charge < -0.3 is 0 Å². The van der Waals surface area contributed by atoms with Crippen molar-refractivity contribution in [3.05, 3.63) is 35.4 Å². The van der Waals surface area contributed by atoms with Crippen molar-refractivity contribution < 1.29 is 13.2 Å². The predicted octanol–water partition coefficient (Wildman–Crippen LogP) is 4.34. The highest BCUT2D eigenvalue weighted by Gasteiger charge is 2.29. The van der Waals surface area contributed by atoms with Crippen LogP contribution in [0, 0.1) is 5.92 Å². The van der Waals surface area contributed by atoms with Crippen LogP contribution in [0.3, 0.4) is 0 Å². The van der Waals surface area contributed by atoms with Gasteiger partial charge in [-0.25, -0.2) is 0 Å². The van der Waals surface area contributed by atoms with E-state index >= 15 is 0 Å². The molecule has 0 saturated heterocycles. The summed E-state index contributed by atoms with van der Waals surface area (Å²) in [5.74, 6) is 0.912. The Balaban J connectivity index is 2.72. The van der Waals surface area contributed by atoms with E-state index in [9.17, 15) is 13.2 Å². The maximum atomic E-state index is 12.3. The molecule has 0 fully saturated rings. The minimum absolute atomic E-state index is 0.0973. The lowest BCUT2D eigenvalue weighted by Gasteiger charge is -2.11. The SMILES string of the molecule is FC(F)(F)c1ccc(CC(CCl)CCl)cc1. The second-order valence-electron chi connectivity index (χ2n) is 3.57. The number of hydrogen-bond acceptors (Lipinski definition) is 0. The Labute approximate surface area is 102 Å². The number of benzene rings is 1. The third-order valence-electron chi connectivity index (χ3n) is 2.24. The van der Waals surface area contributed by atoms with Crippen molar-refractivity contribution >= 4 is 23.2 Å². The van der Waals surface area contributed by atoms with Crippen LogP contribution < -0.4 is 0 Å². The molecule has 0 aliphatic heterocycles. The molecule has 90 valence electrons. The number of hydrogen-bond donors (Lipinski definition) is 0. The smallest absolute Gasteiger partial charge is 0.166 e. The highest BCUT2D eigenvalue weighted by atomic mass is 35.5. The first-order valence-corrected chi connectivity index (χ1v) is 5.82. The summed E-state index contributed by atoms with van der Waals surface area (Å²) < 4.78 is 36.8. The van der Waals surface area contributed by atoms with E-state index in [2.05, 4.69) is 0 Å². The normalized spacial score (nSPS) is 12.1. The predicted molar refractivity (Wildman–Crippen MR) is 60.1 cm³/mol. The molecular weight excluding hydrogens is 260 g/mol. The average molecular weight is 271 g/mol. The van der Waals surface area contributed by atoms with E-state index < -0.39 is 11.7 Å².